The van der Waals surface area contributed by atoms with Gasteiger partial charge in [0, 0.05) is 41.5 Å². The predicted octanol–water partition coefficient (Wildman–Crippen LogP) is 0.0390. The zero-order valence-electron chi connectivity index (χ0n) is 23.5. The summed E-state index contributed by atoms with van der Waals surface area (Å²) < 4.78 is 50.9. The molecule has 41 heavy (non-hydrogen) atoms. The average Bonchev–Trinajstić information content (AvgIpc) is 3.12. The summed E-state index contributed by atoms with van der Waals surface area (Å²) in [6.07, 6.45) is -6.72. The number of thioether (sulfide) groups is 1. The number of carbonyl (C=O) groups is 6. The van der Waals surface area contributed by atoms with E-state index < -0.39 is 89.6 Å². The van der Waals surface area contributed by atoms with Gasteiger partial charge in [-0.3, -0.25) is 28.8 Å². The van der Waals surface area contributed by atoms with Crippen LogP contribution in [0.25, 0.3) is 0 Å². The van der Waals surface area contributed by atoms with Gasteiger partial charge in [0.1, 0.15) is 49.7 Å². The molecular formula is C25H34O15S. The first-order valence-corrected chi connectivity index (χ1v) is 13.8. The van der Waals surface area contributed by atoms with Crippen molar-refractivity contribution >= 4 is 47.6 Å². The molecule has 0 aromatic carbocycles. The van der Waals surface area contributed by atoms with Crippen LogP contribution in [0.3, 0.4) is 0 Å². The highest BCUT2D eigenvalue weighted by molar-refractivity contribution is 7.99. The van der Waals surface area contributed by atoms with E-state index in [-0.39, 0.29) is 25.6 Å². The van der Waals surface area contributed by atoms with Gasteiger partial charge >= 0.3 is 35.8 Å². The first kappa shape index (κ1) is 32.6. The van der Waals surface area contributed by atoms with Gasteiger partial charge in [0.2, 0.25) is 0 Å². The molecule has 0 aliphatic carbocycles. The Bertz CT molecular complexity index is 1030. The number of hydrogen-bond donors (Lipinski definition) is 0. The topological polar surface area (TPSA) is 185 Å². The zero-order valence-corrected chi connectivity index (χ0v) is 24.3. The van der Waals surface area contributed by atoms with E-state index in [4.69, 9.17) is 42.6 Å². The van der Waals surface area contributed by atoms with E-state index in [1.54, 1.807) is 0 Å². The third-order valence-electron chi connectivity index (χ3n) is 6.33. The second-order valence-corrected chi connectivity index (χ2v) is 10.7. The van der Waals surface area contributed by atoms with Gasteiger partial charge in [-0.1, -0.05) is 0 Å². The van der Waals surface area contributed by atoms with E-state index in [9.17, 15) is 28.8 Å². The predicted molar refractivity (Wildman–Crippen MR) is 134 cm³/mol. The van der Waals surface area contributed by atoms with Gasteiger partial charge in [-0.15, -0.1) is 11.8 Å². The maximum Gasteiger partial charge on any atom is 0.303 e. The van der Waals surface area contributed by atoms with Crippen LogP contribution >= 0.6 is 11.8 Å². The maximum atomic E-state index is 12.2. The highest BCUT2D eigenvalue weighted by Gasteiger charge is 2.65. The smallest absolute Gasteiger partial charge is 0.303 e. The zero-order chi connectivity index (χ0) is 30.5. The fourth-order valence-corrected chi connectivity index (χ4v) is 6.25. The highest BCUT2D eigenvalue weighted by atomic mass is 32.2. The van der Waals surface area contributed by atoms with Crippen molar-refractivity contribution in [3.63, 3.8) is 0 Å². The first-order valence-electron chi connectivity index (χ1n) is 12.8. The lowest BCUT2D eigenvalue weighted by Crippen LogP contribution is -2.66. The standard InChI is InChI=1S/C25H34O15S/c1-11(26)32-7-17-20(35-14(4)29)19(9-34-13(3)28)39-25(17)10-41-24-23(40-25)22(37-16(6)31)21(36-15(5)30)18(38-24)8-33-12(2)27/h17-24H,7-10H2,1-6H3/t17-,18+,19+,20-,21+,22-,23+,24-,25+/m0/s1. The molecule has 0 aromatic rings. The lowest BCUT2D eigenvalue weighted by Gasteiger charge is -2.51. The number of rotatable bonds is 9. The molecule has 16 heteroatoms. The van der Waals surface area contributed by atoms with Gasteiger partial charge in [-0.2, -0.15) is 0 Å². The fourth-order valence-electron chi connectivity index (χ4n) is 4.88. The molecule has 1 spiro atoms. The van der Waals surface area contributed by atoms with Gasteiger partial charge in [-0.25, -0.2) is 0 Å². The fraction of sp³-hybridized carbons (Fsp3) is 0.760. The molecule has 3 saturated heterocycles. The van der Waals surface area contributed by atoms with E-state index in [1.165, 1.54) is 39.5 Å². The van der Waals surface area contributed by atoms with Crippen LogP contribution in [0.2, 0.25) is 0 Å². The van der Waals surface area contributed by atoms with E-state index in [0.29, 0.717) is 0 Å². The largest absolute Gasteiger partial charge is 0.465 e. The number of ether oxygens (including phenoxy) is 9. The van der Waals surface area contributed by atoms with Crippen LogP contribution < -0.4 is 0 Å². The van der Waals surface area contributed by atoms with Crippen molar-refractivity contribution < 1.29 is 71.4 Å². The number of fused-ring (bicyclic) bond motifs is 1. The van der Waals surface area contributed by atoms with Crippen LogP contribution in [0.4, 0.5) is 0 Å². The van der Waals surface area contributed by atoms with Crippen molar-refractivity contribution in [2.24, 2.45) is 5.92 Å². The van der Waals surface area contributed by atoms with E-state index in [1.807, 2.05) is 0 Å². The van der Waals surface area contributed by atoms with Crippen LogP contribution in [0, 0.1) is 5.92 Å². The quantitative estimate of drug-likeness (QED) is 0.253. The second-order valence-electron chi connectivity index (χ2n) is 9.64. The average molecular weight is 607 g/mol. The molecule has 3 rings (SSSR count). The van der Waals surface area contributed by atoms with Crippen molar-refractivity contribution in [2.75, 3.05) is 25.6 Å². The lowest BCUT2D eigenvalue weighted by molar-refractivity contribution is -0.318. The molecule has 0 N–H and O–H groups in total. The molecule has 230 valence electrons. The Morgan fingerprint density at radius 1 is 0.634 bits per heavy atom. The molecule has 3 heterocycles. The van der Waals surface area contributed by atoms with Gasteiger partial charge < -0.3 is 42.6 Å². The van der Waals surface area contributed by atoms with Crippen LogP contribution in [-0.4, -0.2) is 109 Å². The summed E-state index contributed by atoms with van der Waals surface area (Å²) in [5, 5.41) is 0. The number of carbonyl (C=O) groups excluding carboxylic acids is 6. The van der Waals surface area contributed by atoms with Gasteiger partial charge in [0.05, 0.1) is 11.7 Å². The molecule has 0 radical (unpaired) electrons. The molecule has 3 fully saturated rings. The van der Waals surface area contributed by atoms with Crippen LogP contribution in [0.1, 0.15) is 41.5 Å². The van der Waals surface area contributed by atoms with Crippen molar-refractivity contribution in [1.82, 2.24) is 0 Å². The van der Waals surface area contributed by atoms with Crippen LogP contribution in [-0.2, 0) is 71.4 Å². The second kappa shape index (κ2) is 13.8. The van der Waals surface area contributed by atoms with E-state index in [0.717, 1.165) is 13.8 Å². The minimum absolute atomic E-state index is 0.0414. The maximum absolute atomic E-state index is 12.2. The van der Waals surface area contributed by atoms with Crippen molar-refractivity contribution in [1.29, 1.82) is 0 Å². The summed E-state index contributed by atoms with van der Waals surface area (Å²) in [4.78, 5) is 71.0. The molecule has 9 atom stereocenters. The SMILES string of the molecule is CC(=O)OC[C@H]1O[C@@]2(CS[C@@H]3O[C@H](COC(C)=O)[C@@H](OC(C)=O)[C@H](OC(C)=O)[C@H]3O2)[C@@H](COC(C)=O)[C@@H]1OC(C)=O. The van der Waals surface area contributed by atoms with E-state index >= 15 is 0 Å². The molecule has 0 aromatic heterocycles. The highest BCUT2D eigenvalue weighted by Crippen LogP contribution is 2.50. The molecule has 15 nitrogen and oxygen atoms in total. The number of esters is 6. The summed E-state index contributed by atoms with van der Waals surface area (Å²) >= 11 is 1.19. The Morgan fingerprint density at radius 3 is 1.66 bits per heavy atom. The molecule has 3 aliphatic rings. The minimum atomic E-state index is -1.63. The molecule has 0 amide bonds. The third-order valence-corrected chi connectivity index (χ3v) is 7.61. The summed E-state index contributed by atoms with van der Waals surface area (Å²) in [5.41, 5.74) is -0.824. The van der Waals surface area contributed by atoms with Crippen LogP contribution in [0.5, 0.6) is 0 Å². The van der Waals surface area contributed by atoms with Crippen molar-refractivity contribution in [3.05, 3.63) is 0 Å². The Labute approximate surface area is 240 Å². The summed E-state index contributed by atoms with van der Waals surface area (Å²) in [6.45, 7) is 6.17. The normalized spacial score (nSPS) is 34.1. The van der Waals surface area contributed by atoms with Crippen molar-refractivity contribution in [2.45, 2.75) is 89.4 Å². The van der Waals surface area contributed by atoms with Gasteiger partial charge in [-0.05, 0) is 0 Å². The minimum Gasteiger partial charge on any atom is -0.465 e. The first-order chi connectivity index (χ1) is 19.2. The van der Waals surface area contributed by atoms with Crippen LogP contribution in [0.15, 0.2) is 0 Å². The van der Waals surface area contributed by atoms with Gasteiger partial charge in [0.15, 0.2) is 18.0 Å². The Morgan fingerprint density at radius 2 is 1.12 bits per heavy atom. The summed E-state index contributed by atoms with van der Waals surface area (Å²) in [7, 11) is 0. The molecular weight excluding hydrogens is 572 g/mol. The summed E-state index contributed by atoms with van der Waals surface area (Å²) in [6, 6.07) is 0. The molecule has 3 aliphatic heterocycles. The summed E-state index contributed by atoms with van der Waals surface area (Å²) in [5.74, 6) is -6.44. The van der Waals surface area contributed by atoms with E-state index in [2.05, 4.69) is 0 Å². The number of hydrogen-bond acceptors (Lipinski definition) is 16. The van der Waals surface area contributed by atoms with Gasteiger partial charge in [0.25, 0.3) is 0 Å². The molecule has 0 saturated carbocycles. The molecule has 0 unspecified atom stereocenters. The Hall–Kier alpha value is -2.95. The monoisotopic (exact) mass is 606 g/mol. The Balaban J connectivity index is 2.01. The third kappa shape index (κ3) is 8.30. The Kier molecular flexibility index (Phi) is 11.0. The molecule has 0 bridgehead atoms. The lowest BCUT2D eigenvalue weighted by atomic mass is 9.93. The van der Waals surface area contributed by atoms with Crippen molar-refractivity contribution in [3.8, 4) is 0 Å².